The monoisotopic (exact) mass is 295 g/mol. The summed E-state index contributed by atoms with van der Waals surface area (Å²) < 4.78 is 6.90. The normalized spacial score (nSPS) is 21.4. The number of hydrogen-bond donors (Lipinski definition) is 1. The lowest BCUT2D eigenvalue weighted by Gasteiger charge is -2.35. The molecule has 1 aromatic carbocycles. The first-order chi connectivity index (χ1) is 8.10. The molecule has 4 heteroatoms. The van der Waals surface area contributed by atoms with Gasteiger partial charge in [0.05, 0.1) is 17.7 Å². The molecule has 3 rings (SSSR count). The highest BCUT2D eigenvalue weighted by atomic mass is 79.9. The van der Waals surface area contributed by atoms with Crippen LogP contribution >= 0.6 is 15.9 Å². The average Bonchev–Trinajstić information content (AvgIpc) is 2.69. The predicted octanol–water partition coefficient (Wildman–Crippen LogP) is 3.31. The number of ketones is 1. The fourth-order valence-electron chi connectivity index (χ4n) is 2.87. The molecule has 1 aromatic rings. The first-order valence-corrected chi connectivity index (χ1v) is 6.70. The van der Waals surface area contributed by atoms with E-state index in [1.165, 1.54) is 0 Å². The number of hydrogen-bond acceptors (Lipinski definition) is 3. The topological polar surface area (TPSA) is 52.3 Å². The number of nitrogen functional groups attached to an aromatic ring is 1. The van der Waals surface area contributed by atoms with Crippen LogP contribution in [0.25, 0.3) is 0 Å². The van der Waals surface area contributed by atoms with Crippen molar-refractivity contribution in [1.29, 1.82) is 0 Å². The highest BCUT2D eigenvalue weighted by molar-refractivity contribution is 9.10. The molecule has 1 heterocycles. The van der Waals surface area contributed by atoms with E-state index >= 15 is 0 Å². The first kappa shape index (κ1) is 11.1. The summed E-state index contributed by atoms with van der Waals surface area (Å²) in [5.41, 5.74) is 6.85. The molecule has 1 spiro atoms. The maximum absolute atomic E-state index is 12.2. The predicted molar refractivity (Wildman–Crippen MR) is 69.3 cm³/mol. The van der Waals surface area contributed by atoms with Gasteiger partial charge in [-0.2, -0.15) is 0 Å². The van der Waals surface area contributed by atoms with Crippen molar-refractivity contribution in [2.75, 3.05) is 5.73 Å². The van der Waals surface area contributed by atoms with Gasteiger partial charge < -0.3 is 10.5 Å². The van der Waals surface area contributed by atoms with E-state index in [9.17, 15) is 4.79 Å². The van der Waals surface area contributed by atoms with Gasteiger partial charge in [-0.25, -0.2) is 0 Å². The summed E-state index contributed by atoms with van der Waals surface area (Å²) in [6, 6.07) is 3.59. The molecule has 0 unspecified atom stereocenters. The Morgan fingerprint density at radius 1 is 1.29 bits per heavy atom. The minimum atomic E-state index is -0.272. The van der Waals surface area contributed by atoms with E-state index in [1.807, 2.05) is 0 Å². The highest BCUT2D eigenvalue weighted by Crippen LogP contribution is 2.45. The Morgan fingerprint density at radius 2 is 2.00 bits per heavy atom. The number of ether oxygens (including phenoxy) is 1. The number of fused-ring (bicyclic) bond motifs is 1. The Hall–Kier alpha value is -1.03. The van der Waals surface area contributed by atoms with Gasteiger partial charge in [-0.15, -0.1) is 0 Å². The molecule has 1 fully saturated rings. The average molecular weight is 296 g/mol. The molecular formula is C13H14BrNO2. The lowest BCUT2D eigenvalue weighted by molar-refractivity contribution is 0.0456. The number of carbonyl (C=O) groups is 1. The minimum Gasteiger partial charge on any atom is -0.484 e. The Morgan fingerprint density at radius 3 is 2.71 bits per heavy atom. The number of nitrogens with two attached hydrogens (primary N) is 1. The molecule has 17 heavy (non-hydrogen) atoms. The number of carbonyl (C=O) groups excluding carboxylic acids is 1. The van der Waals surface area contributed by atoms with Crippen molar-refractivity contribution in [1.82, 2.24) is 0 Å². The number of anilines is 1. The molecule has 1 aliphatic carbocycles. The van der Waals surface area contributed by atoms with Crippen molar-refractivity contribution in [2.24, 2.45) is 0 Å². The number of halogens is 1. The van der Waals surface area contributed by atoms with Gasteiger partial charge in [0, 0.05) is 4.47 Å². The van der Waals surface area contributed by atoms with Gasteiger partial charge in [0.2, 0.25) is 0 Å². The van der Waals surface area contributed by atoms with Crippen LogP contribution in [0.3, 0.4) is 0 Å². The third-order valence-corrected chi connectivity index (χ3v) is 4.16. The molecule has 1 saturated carbocycles. The summed E-state index contributed by atoms with van der Waals surface area (Å²) in [5, 5.41) is 0. The molecule has 0 saturated heterocycles. The largest absolute Gasteiger partial charge is 0.484 e. The van der Waals surface area contributed by atoms with Crippen molar-refractivity contribution in [2.45, 2.75) is 37.7 Å². The van der Waals surface area contributed by atoms with Crippen molar-refractivity contribution in [3.05, 3.63) is 22.2 Å². The summed E-state index contributed by atoms with van der Waals surface area (Å²) in [7, 11) is 0. The zero-order valence-electron chi connectivity index (χ0n) is 9.46. The molecule has 90 valence electrons. The van der Waals surface area contributed by atoms with Crippen LogP contribution < -0.4 is 10.5 Å². The zero-order valence-corrected chi connectivity index (χ0v) is 11.0. The molecule has 2 N–H and O–H groups in total. The lowest BCUT2D eigenvalue weighted by atomic mass is 9.88. The van der Waals surface area contributed by atoms with Gasteiger partial charge in [0.15, 0.2) is 11.5 Å². The van der Waals surface area contributed by atoms with Gasteiger partial charge in [-0.05, 0) is 37.8 Å². The van der Waals surface area contributed by atoms with Crippen LogP contribution in [0.5, 0.6) is 5.75 Å². The summed E-state index contributed by atoms with van der Waals surface area (Å²) in [6.07, 6.45) is 4.70. The van der Waals surface area contributed by atoms with Gasteiger partial charge in [0.1, 0.15) is 5.60 Å². The number of benzene rings is 1. The third kappa shape index (κ3) is 1.75. The van der Waals surface area contributed by atoms with Crippen LogP contribution in [-0.4, -0.2) is 11.4 Å². The summed E-state index contributed by atoms with van der Waals surface area (Å²) in [6.45, 7) is 0. The molecule has 1 aliphatic heterocycles. The summed E-state index contributed by atoms with van der Waals surface area (Å²) in [5.74, 6) is 0.743. The standard InChI is InChI=1S/C13H14BrNO2/c14-8-5-9-11(16)7-13(3-1-2-4-13)17-12(9)10(15)6-8/h5-6H,1-4,7,15H2. The second-order valence-electron chi connectivity index (χ2n) is 4.96. The van der Waals surface area contributed by atoms with E-state index in [0.29, 0.717) is 23.4 Å². The van der Waals surface area contributed by atoms with Crippen LogP contribution in [0.4, 0.5) is 5.69 Å². The van der Waals surface area contributed by atoms with E-state index < -0.39 is 0 Å². The summed E-state index contributed by atoms with van der Waals surface area (Å²) in [4.78, 5) is 12.2. The van der Waals surface area contributed by atoms with E-state index in [1.54, 1.807) is 12.1 Å². The van der Waals surface area contributed by atoms with Crippen molar-refractivity contribution in [3.63, 3.8) is 0 Å². The molecule has 0 atom stereocenters. The Balaban J connectivity index is 2.09. The molecular weight excluding hydrogens is 282 g/mol. The van der Waals surface area contributed by atoms with Gasteiger partial charge in [-0.1, -0.05) is 15.9 Å². The maximum atomic E-state index is 12.2. The van der Waals surface area contributed by atoms with Gasteiger partial charge >= 0.3 is 0 Å². The van der Waals surface area contributed by atoms with E-state index in [2.05, 4.69) is 15.9 Å². The molecule has 0 bridgehead atoms. The van der Waals surface area contributed by atoms with E-state index in [-0.39, 0.29) is 11.4 Å². The van der Waals surface area contributed by atoms with Crippen molar-refractivity contribution >= 4 is 27.4 Å². The lowest BCUT2D eigenvalue weighted by Crippen LogP contribution is -2.39. The van der Waals surface area contributed by atoms with Crippen LogP contribution in [0.1, 0.15) is 42.5 Å². The van der Waals surface area contributed by atoms with Crippen LogP contribution in [0.2, 0.25) is 0 Å². The highest BCUT2D eigenvalue weighted by Gasteiger charge is 2.43. The SMILES string of the molecule is Nc1cc(Br)cc2c1OC1(CCCC1)CC2=O. The number of Topliss-reactive ketones (excluding diaryl/α,β-unsaturated/α-hetero) is 1. The van der Waals surface area contributed by atoms with E-state index in [0.717, 1.165) is 30.2 Å². The summed E-state index contributed by atoms with van der Waals surface area (Å²) >= 11 is 3.36. The van der Waals surface area contributed by atoms with Crippen molar-refractivity contribution in [3.8, 4) is 5.75 Å². The van der Waals surface area contributed by atoms with Crippen molar-refractivity contribution < 1.29 is 9.53 Å². The van der Waals surface area contributed by atoms with Gasteiger partial charge in [0.25, 0.3) is 0 Å². The number of rotatable bonds is 0. The van der Waals surface area contributed by atoms with Gasteiger partial charge in [-0.3, -0.25) is 4.79 Å². The molecule has 0 radical (unpaired) electrons. The Kier molecular flexibility index (Phi) is 2.43. The molecule has 0 amide bonds. The first-order valence-electron chi connectivity index (χ1n) is 5.91. The molecule has 3 nitrogen and oxygen atoms in total. The van der Waals surface area contributed by atoms with Crippen LogP contribution in [0.15, 0.2) is 16.6 Å². The van der Waals surface area contributed by atoms with Crippen LogP contribution in [-0.2, 0) is 0 Å². The Bertz CT molecular complexity index is 492. The second kappa shape index (κ2) is 3.73. The fraction of sp³-hybridized carbons (Fsp3) is 0.462. The molecule has 0 aromatic heterocycles. The zero-order chi connectivity index (χ0) is 12.0. The second-order valence-corrected chi connectivity index (χ2v) is 5.88. The van der Waals surface area contributed by atoms with E-state index in [4.69, 9.17) is 10.5 Å². The van der Waals surface area contributed by atoms with Crippen LogP contribution in [0, 0.1) is 0 Å². The quantitative estimate of drug-likeness (QED) is 0.747. The third-order valence-electron chi connectivity index (χ3n) is 3.70. The minimum absolute atomic E-state index is 0.154. The fourth-order valence-corrected chi connectivity index (χ4v) is 3.35. The Labute approximate surface area is 108 Å². The maximum Gasteiger partial charge on any atom is 0.170 e. The molecule has 2 aliphatic rings. The smallest absolute Gasteiger partial charge is 0.170 e.